The molecule has 6 nitrogen and oxygen atoms in total. The van der Waals surface area contributed by atoms with Crippen LogP contribution in [0.1, 0.15) is 13.8 Å². The minimum absolute atomic E-state index is 0.0650. The number of thioether (sulfide) groups is 1. The summed E-state index contributed by atoms with van der Waals surface area (Å²) in [4.78, 5) is 4.01. The van der Waals surface area contributed by atoms with Gasteiger partial charge in [-0.15, -0.1) is 0 Å². The number of nitrogens with two attached hydrogens (primary N) is 1. The number of hydrogen-bond acceptors (Lipinski definition) is 6. The van der Waals surface area contributed by atoms with Crippen molar-refractivity contribution in [2.75, 3.05) is 17.7 Å². The van der Waals surface area contributed by atoms with Crippen LogP contribution >= 0.6 is 23.4 Å². The first kappa shape index (κ1) is 15.8. The molecule has 1 aliphatic rings. The number of anilines is 1. The molecule has 3 N–H and O–H groups in total. The number of nitrogens with one attached hydrogen (secondary N) is 1. The molecule has 0 amide bonds. The van der Waals surface area contributed by atoms with E-state index < -0.39 is 10.0 Å². The predicted molar refractivity (Wildman–Crippen MR) is 82.3 cm³/mol. The molecule has 2 unspecified atom stereocenters. The summed E-state index contributed by atoms with van der Waals surface area (Å²) in [6, 6.07) is 1.31. The molecule has 0 saturated carbocycles. The smallest absolute Gasteiger partial charge is 0.244 e. The van der Waals surface area contributed by atoms with Crippen LogP contribution in [0.5, 0.6) is 0 Å². The summed E-state index contributed by atoms with van der Waals surface area (Å²) in [5.74, 6) is 6.27. The van der Waals surface area contributed by atoms with Gasteiger partial charge in [-0.05, 0) is 13.0 Å². The van der Waals surface area contributed by atoms with Gasteiger partial charge in [-0.1, -0.05) is 18.5 Å². The zero-order chi connectivity index (χ0) is 14.9. The highest BCUT2D eigenvalue weighted by Crippen LogP contribution is 2.30. The molecule has 1 aromatic heterocycles. The lowest BCUT2D eigenvalue weighted by Crippen LogP contribution is -2.47. The lowest BCUT2D eigenvalue weighted by molar-refractivity contribution is 0.340. The van der Waals surface area contributed by atoms with E-state index in [9.17, 15) is 8.42 Å². The normalized spacial score (nSPS) is 24.6. The fourth-order valence-electron chi connectivity index (χ4n) is 2.05. The highest BCUT2D eigenvalue weighted by Gasteiger charge is 2.35. The van der Waals surface area contributed by atoms with Gasteiger partial charge < -0.3 is 5.43 Å². The summed E-state index contributed by atoms with van der Waals surface area (Å²) in [6.07, 6.45) is 1.27. The van der Waals surface area contributed by atoms with Crippen molar-refractivity contribution < 1.29 is 8.42 Å². The summed E-state index contributed by atoms with van der Waals surface area (Å²) in [5, 5.41) is 0.438. The second kappa shape index (κ2) is 6.07. The first-order chi connectivity index (χ1) is 9.37. The minimum Gasteiger partial charge on any atom is -0.307 e. The molecule has 1 aromatic rings. The Hall–Kier alpha value is -0.540. The van der Waals surface area contributed by atoms with Gasteiger partial charge in [0.2, 0.25) is 10.0 Å². The Labute approximate surface area is 128 Å². The minimum atomic E-state index is -3.59. The van der Waals surface area contributed by atoms with Crippen molar-refractivity contribution in [1.82, 2.24) is 9.29 Å². The summed E-state index contributed by atoms with van der Waals surface area (Å²) < 4.78 is 26.8. The number of pyridine rings is 1. The monoisotopic (exact) mass is 336 g/mol. The van der Waals surface area contributed by atoms with Crippen LogP contribution in [0.2, 0.25) is 5.02 Å². The average Bonchev–Trinajstić information content (AvgIpc) is 2.41. The van der Waals surface area contributed by atoms with Crippen LogP contribution in [0, 0.1) is 0 Å². The van der Waals surface area contributed by atoms with E-state index in [1.807, 2.05) is 13.8 Å². The maximum Gasteiger partial charge on any atom is 0.244 e. The van der Waals surface area contributed by atoms with E-state index in [1.54, 1.807) is 11.8 Å². The number of halogens is 1. The van der Waals surface area contributed by atoms with Crippen molar-refractivity contribution in [2.24, 2.45) is 5.84 Å². The van der Waals surface area contributed by atoms with Gasteiger partial charge >= 0.3 is 0 Å². The van der Waals surface area contributed by atoms with Gasteiger partial charge in [0.15, 0.2) is 5.82 Å². The molecule has 1 fully saturated rings. The maximum absolute atomic E-state index is 12.7. The van der Waals surface area contributed by atoms with Gasteiger partial charge in [0, 0.05) is 29.8 Å². The molecule has 20 heavy (non-hydrogen) atoms. The summed E-state index contributed by atoms with van der Waals surface area (Å²) in [6.45, 7) is 4.44. The molecule has 0 bridgehead atoms. The summed E-state index contributed by atoms with van der Waals surface area (Å²) in [5.41, 5.74) is 2.31. The number of nitrogens with zero attached hydrogens (tertiary/aromatic N) is 2. The van der Waals surface area contributed by atoms with E-state index in [-0.39, 0.29) is 27.0 Å². The number of hydrogen-bond donors (Lipinski definition) is 2. The largest absolute Gasteiger partial charge is 0.307 e. The van der Waals surface area contributed by atoms with E-state index in [0.717, 1.165) is 5.75 Å². The van der Waals surface area contributed by atoms with Gasteiger partial charge in [0.1, 0.15) is 4.90 Å². The fourth-order valence-corrected chi connectivity index (χ4v) is 5.30. The maximum atomic E-state index is 12.7. The van der Waals surface area contributed by atoms with Gasteiger partial charge in [0.25, 0.3) is 0 Å². The molecule has 0 aliphatic carbocycles. The van der Waals surface area contributed by atoms with Crippen molar-refractivity contribution >= 4 is 39.2 Å². The van der Waals surface area contributed by atoms with Gasteiger partial charge in [-0.2, -0.15) is 16.1 Å². The fraction of sp³-hybridized carbons (Fsp3) is 0.545. The standard InChI is InChI=1S/C11H17ClN4O2S2/c1-7-8(2)19-4-3-16(7)20(17,18)9-5-10(12)11(15-13)14-6-9/h5-8H,3-4,13H2,1-2H3,(H,14,15). The molecule has 0 radical (unpaired) electrons. The van der Waals surface area contributed by atoms with Crippen LogP contribution in [0.25, 0.3) is 0 Å². The molecule has 9 heteroatoms. The van der Waals surface area contributed by atoms with Crippen LogP contribution in [0.4, 0.5) is 5.82 Å². The van der Waals surface area contributed by atoms with Crippen molar-refractivity contribution in [1.29, 1.82) is 0 Å². The van der Waals surface area contributed by atoms with E-state index >= 15 is 0 Å². The number of hydrazine groups is 1. The molecule has 1 saturated heterocycles. The SMILES string of the molecule is CC1SCCN(S(=O)(=O)c2cnc(NN)c(Cl)c2)C1C. The first-order valence-corrected chi connectivity index (χ1v) is 9.00. The molecule has 1 aliphatic heterocycles. The Morgan fingerprint density at radius 1 is 1.55 bits per heavy atom. The molecule has 2 heterocycles. The highest BCUT2D eigenvalue weighted by atomic mass is 35.5. The Kier molecular flexibility index (Phi) is 4.80. The van der Waals surface area contributed by atoms with E-state index in [1.165, 1.54) is 16.6 Å². The van der Waals surface area contributed by atoms with E-state index in [4.69, 9.17) is 17.4 Å². The van der Waals surface area contributed by atoms with Gasteiger partial charge in [-0.25, -0.2) is 19.2 Å². The third-order valence-electron chi connectivity index (χ3n) is 3.39. The zero-order valence-electron chi connectivity index (χ0n) is 11.2. The lowest BCUT2D eigenvalue weighted by Gasteiger charge is -2.36. The van der Waals surface area contributed by atoms with E-state index in [0.29, 0.717) is 6.54 Å². The third kappa shape index (κ3) is 2.89. The Morgan fingerprint density at radius 3 is 2.85 bits per heavy atom. The quantitative estimate of drug-likeness (QED) is 0.643. The van der Waals surface area contributed by atoms with Crippen LogP contribution in [0.3, 0.4) is 0 Å². The summed E-state index contributed by atoms with van der Waals surface area (Å²) >= 11 is 7.72. The predicted octanol–water partition coefficient (Wildman–Crippen LogP) is 1.54. The van der Waals surface area contributed by atoms with Gasteiger partial charge in [0.05, 0.1) is 5.02 Å². The molecule has 2 rings (SSSR count). The number of nitrogen functional groups attached to an aromatic ring is 1. The average molecular weight is 337 g/mol. The van der Waals surface area contributed by atoms with Crippen molar-refractivity contribution in [3.63, 3.8) is 0 Å². The topological polar surface area (TPSA) is 88.3 Å². The van der Waals surface area contributed by atoms with Crippen molar-refractivity contribution in [2.45, 2.75) is 30.0 Å². The molecule has 2 atom stereocenters. The van der Waals surface area contributed by atoms with E-state index in [2.05, 4.69) is 10.4 Å². The Bertz CT molecular complexity index is 596. The molecule has 0 aromatic carbocycles. The van der Waals surface area contributed by atoms with Gasteiger partial charge in [-0.3, -0.25) is 0 Å². The number of aromatic nitrogens is 1. The molecular weight excluding hydrogens is 320 g/mol. The second-order valence-corrected chi connectivity index (χ2v) is 8.36. The number of rotatable bonds is 3. The van der Waals surface area contributed by atoms with Crippen LogP contribution in [0.15, 0.2) is 17.2 Å². The van der Waals surface area contributed by atoms with Crippen LogP contribution in [-0.2, 0) is 10.0 Å². The molecular formula is C11H17ClN4O2S2. The summed E-state index contributed by atoms with van der Waals surface area (Å²) in [7, 11) is -3.59. The Balaban J connectivity index is 2.37. The van der Waals surface area contributed by atoms with Crippen LogP contribution in [-0.4, -0.2) is 41.3 Å². The second-order valence-electron chi connectivity index (χ2n) is 4.58. The van der Waals surface area contributed by atoms with Crippen molar-refractivity contribution in [3.05, 3.63) is 17.3 Å². The molecule has 0 spiro atoms. The zero-order valence-corrected chi connectivity index (χ0v) is 13.6. The van der Waals surface area contributed by atoms with Crippen molar-refractivity contribution in [3.8, 4) is 0 Å². The third-order valence-corrected chi connectivity index (χ3v) is 6.96. The first-order valence-electron chi connectivity index (χ1n) is 6.13. The molecule has 112 valence electrons. The highest BCUT2D eigenvalue weighted by molar-refractivity contribution is 8.00. The van der Waals surface area contributed by atoms with Crippen LogP contribution < -0.4 is 11.3 Å². The number of sulfonamides is 1. The Morgan fingerprint density at radius 2 is 2.25 bits per heavy atom. The lowest BCUT2D eigenvalue weighted by atomic mass is 10.2.